The van der Waals surface area contributed by atoms with Gasteiger partial charge < -0.3 is 39.9 Å². The molecule has 60 heavy (non-hydrogen) atoms. The first-order chi connectivity index (χ1) is 29.0. The van der Waals surface area contributed by atoms with Crippen molar-refractivity contribution in [1.82, 2.24) is 40.4 Å². The van der Waals surface area contributed by atoms with Crippen molar-refractivity contribution in [2.75, 3.05) is 27.3 Å². The number of fused-ring (bicyclic) bond motifs is 2. The summed E-state index contributed by atoms with van der Waals surface area (Å²) in [4.78, 5) is 72.1. The third-order valence-electron chi connectivity index (χ3n) is 13.3. The van der Waals surface area contributed by atoms with Gasteiger partial charge in [-0.3, -0.25) is 9.59 Å². The van der Waals surface area contributed by atoms with E-state index in [1.165, 1.54) is 67.7 Å². The molecule has 0 radical (unpaired) electrons. The summed E-state index contributed by atoms with van der Waals surface area (Å²) >= 11 is 0. The molecular formula is C46H58N8O6. The van der Waals surface area contributed by atoms with Crippen LogP contribution in [0.5, 0.6) is 0 Å². The minimum Gasteiger partial charge on any atom is -0.453 e. The first-order valence-electron chi connectivity index (χ1n) is 21.6. The minimum absolute atomic E-state index is 0.102. The van der Waals surface area contributed by atoms with Crippen molar-refractivity contribution in [3.63, 3.8) is 0 Å². The molecule has 2 bridgehead atoms. The quantitative estimate of drug-likeness (QED) is 0.118. The number of aromatic amines is 2. The van der Waals surface area contributed by atoms with Crippen LogP contribution >= 0.6 is 0 Å². The number of nitrogens with zero attached hydrogens (tertiary/aromatic N) is 4. The number of nitrogens with one attached hydrogen (secondary N) is 4. The van der Waals surface area contributed by atoms with Crippen molar-refractivity contribution in [3.05, 3.63) is 71.6 Å². The Bertz CT molecular complexity index is 2220. The molecule has 5 aliphatic rings. The third-order valence-corrected chi connectivity index (χ3v) is 13.3. The van der Waals surface area contributed by atoms with E-state index in [4.69, 9.17) is 19.4 Å². The van der Waals surface area contributed by atoms with Gasteiger partial charge in [0.1, 0.15) is 23.7 Å². The third kappa shape index (κ3) is 7.76. The van der Waals surface area contributed by atoms with Crippen LogP contribution in [0.4, 0.5) is 9.59 Å². The zero-order valence-electron chi connectivity index (χ0n) is 35.5. The zero-order chi connectivity index (χ0) is 42.2. The van der Waals surface area contributed by atoms with E-state index in [1.54, 1.807) is 0 Å². The molecule has 4 atom stereocenters. The smallest absolute Gasteiger partial charge is 0.407 e. The van der Waals surface area contributed by atoms with Gasteiger partial charge in [0.05, 0.1) is 50.1 Å². The Hall–Kier alpha value is -5.66. The summed E-state index contributed by atoms with van der Waals surface area (Å²) in [5.74, 6) is 2.03. The number of imidazole rings is 2. The summed E-state index contributed by atoms with van der Waals surface area (Å²) in [5, 5.41) is 5.46. The van der Waals surface area contributed by atoms with Crippen molar-refractivity contribution in [1.29, 1.82) is 0 Å². The maximum Gasteiger partial charge on any atom is 0.407 e. The second-order valence-electron chi connectivity index (χ2n) is 17.6. The van der Waals surface area contributed by atoms with Crippen LogP contribution in [0.25, 0.3) is 33.6 Å². The van der Waals surface area contributed by atoms with Gasteiger partial charge in [-0.25, -0.2) is 19.6 Å². The van der Waals surface area contributed by atoms with Crippen LogP contribution in [-0.2, 0) is 19.1 Å². The Morgan fingerprint density at radius 2 is 1.05 bits per heavy atom. The number of benzene rings is 2. The lowest BCUT2D eigenvalue weighted by Crippen LogP contribution is -2.51. The number of hydrogen-bond donors (Lipinski definition) is 4. The number of rotatable bonds is 11. The maximum absolute atomic E-state index is 13.8. The lowest BCUT2D eigenvalue weighted by molar-refractivity contribution is -0.136. The number of carbonyl (C=O) groups is 4. The van der Waals surface area contributed by atoms with Crippen LogP contribution in [-0.4, -0.2) is 93.1 Å². The summed E-state index contributed by atoms with van der Waals surface area (Å²) in [5.41, 5.74) is 9.37. The molecule has 1 unspecified atom stereocenters. The van der Waals surface area contributed by atoms with Crippen LogP contribution in [0.3, 0.4) is 0 Å². The molecule has 4 aromatic rings. The predicted molar refractivity (Wildman–Crippen MR) is 227 cm³/mol. The SMILES string of the molecule is COC(=O)NC(C(=O)N1CCC[C@H]1c1ncc(-c2ccc(-c3ccc(-c4cnc([C@@H]5CCCN5C(=O)[C@@H](NC(=O)OC)C(C)C)[nH]4)cc3)c3c2C2CCC3CC2)[nH]1)C(C)C. The van der Waals surface area contributed by atoms with Gasteiger partial charge in [0.15, 0.2) is 0 Å². The summed E-state index contributed by atoms with van der Waals surface area (Å²) in [7, 11) is 2.61. The van der Waals surface area contributed by atoms with Gasteiger partial charge in [0, 0.05) is 18.7 Å². The molecule has 4 amide bonds. The summed E-state index contributed by atoms with van der Waals surface area (Å²) in [6.45, 7) is 8.88. The Labute approximate surface area is 351 Å². The molecule has 2 saturated heterocycles. The number of carbonyl (C=O) groups excluding carboxylic acids is 4. The minimum atomic E-state index is -0.686. The second-order valence-corrected chi connectivity index (χ2v) is 17.6. The fourth-order valence-corrected chi connectivity index (χ4v) is 10.2. The van der Waals surface area contributed by atoms with Crippen LogP contribution in [0.2, 0.25) is 0 Å². The van der Waals surface area contributed by atoms with Crippen LogP contribution in [0.15, 0.2) is 48.8 Å². The highest BCUT2D eigenvalue weighted by Crippen LogP contribution is 2.55. The van der Waals surface area contributed by atoms with Gasteiger partial charge in [-0.1, -0.05) is 64.1 Å². The monoisotopic (exact) mass is 818 g/mol. The normalized spacial score (nSPS) is 21.9. The van der Waals surface area contributed by atoms with E-state index >= 15 is 0 Å². The number of H-pyrrole nitrogens is 2. The number of likely N-dealkylation sites (tertiary alicyclic amines) is 2. The topological polar surface area (TPSA) is 175 Å². The number of ether oxygens (including phenoxy) is 2. The Morgan fingerprint density at radius 3 is 1.53 bits per heavy atom. The molecule has 2 aromatic carbocycles. The van der Waals surface area contributed by atoms with Crippen molar-refractivity contribution in [2.45, 2.75) is 115 Å². The molecule has 4 heterocycles. The van der Waals surface area contributed by atoms with Crippen molar-refractivity contribution >= 4 is 24.0 Å². The molecule has 2 aliphatic heterocycles. The number of amides is 4. The average Bonchev–Trinajstić information content (AvgIpc) is 4.11. The van der Waals surface area contributed by atoms with Crippen LogP contribution in [0, 0.1) is 11.8 Å². The van der Waals surface area contributed by atoms with Gasteiger partial charge in [-0.15, -0.1) is 0 Å². The van der Waals surface area contributed by atoms with Gasteiger partial charge in [0.25, 0.3) is 0 Å². The molecular weight excluding hydrogens is 761 g/mol. The second kappa shape index (κ2) is 17.1. The highest BCUT2D eigenvalue weighted by Gasteiger charge is 2.40. The van der Waals surface area contributed by atoms with Gasteiger partial charge in [-0.2, -0.15) is 0 Å². The predicted octanol–water partition coefficient (Wildman–Crippen LogP) is 7.98. The largest absolute Gasteiger partial charge is 0.453 e. The highest BCUT2D eigenvalue weighted by molar-refractivity contribution is 5.87. The van der Waals surface area contributed by atoms with Crippen LogP contribution < -0.4 is 10.6 Å². The first-order valence-corrected chi connectivity index (χ1v) is 21.6. The van der Waals surface area contributed by atoms with E-state index in [1.807, 2.05) is 49.9 Å². The van der Waals surface area contributed by atoms with Gasteiger partial charge in [-0.05, 0) is 103 Å². The van der Waals surface area contributed by atoms with Crippen molar-refractivity contribution < 1.29 is 28.7 Å². The fourth-order valence-electron chi connectivity index (χ4n) is 10.2. The number of aromatic nitrogens is 4. The molecule has 2 aromatic heterocycles. The van der Waals surface area contributed by atoms with E-state index < -0.39 is 24.3 Å². The fraction of sp³-hybridized carbons (Fsp3) is 0.522. The lowest BCUT2D eigenvalue weighted by atomic mass is 9.64. The molecule has 0 spiro atoms. The molecule has 9 rings (SSSR count). The molecule has 1 saturated carbocycles. The van der Waals surface area contributed by atoms with Crippen molar-refractivity contribution in [2.24, 2.45) is 11.8 Å². The lowest BCUT2D eigenvalue weighted by Gasteiger charge is -2.41. The Balaban J connectivity index is 1.03. The Kier molecular flexibility index (Phi) is 11.7. The van der Waals surface area contributed by atoms with Gasteiger partial charge in [0.2, 0.25) is 11.8 Å². The standard InChI is InChI=1S/C46H58N8O6/c1-25(2)39(51-45(57)59-5)43(55)53-21-7-9-35(53)41-47-23-33(49-41)28-13-11-27(12-14-28)31-19-20-32(38-30-17-15-29(16-18-30)37(31)38)34-24-48-42(50-34)36-10-8-22-54(36)44(56)40(26(3)4)52-46(58)60-6/h11-14,19-20,23-26,29-30,35-36,39-40H,7-10,15-18,21-22H2,1-6H3,(H,47,49)(H,48,50)(H,51,57)(H,52,58)/t29?,30?,35-,36-,39-,40?/m0/s1. The first kappa shape index (κ1) is 41.1. The van der Waals surface area contributed by atoms with E-state index in [9.17, 15) is 19.2 Å². The summed E-state index contributed by atoms with van der Waals surface area (Å²) in [6.07, 6.45) is 10.6. The number of hydrogen-bond acceptors (Lipinski definition) is 8. The van der Waals surface area contributed by atoms with E-state index in [-0.39, 0.29) is 35.7 Å². The summed E-state index contributed by atoms with van der Waals surface area (Å²) < 4.78 is 9.61. The van der Waals surface area contributed by atoms with E-state index in [0.717, 1.165) is 54.3 Å². The molecule has 3 fully saturated rings. The molecule has 318 valence electrons. The van der Waals surface area contributed by atoms with Gasteiger partial charge >= 0.3 is 12.2 Å². The molecule has 14 nitrogen and oxygen atoms in total. The summed E-state index contributed by atoms with van der Waals surface area (Å²) in [6, 6.07) is 11.4. The van der Waals surface area contributed by atoms with E-state index in [0.29, 0.717) is 24.9 Å². The molecule has 14 heteroatoms. The Morgan fingerprint density at radius 1 is 0.617 bits per heavy atom. The highest BCUT2D eigenvalue weighted by atomic mass is 16.5. The van der Waals surface area contributed by atoms with E-state index in [2.05, 4.69) is 57.0 Å². The zero-order valence-corrected chi connectivity index (χ0v) is 35.5. The maximum atomic E-state index is 13.8. The van der Waals surface area contributed by atoms with Crippen molar-refractivity contribution in [3.8, 4) is 33.6 Å². The number of alkyl carbamates (subject to hydrolysis) is 2. The average molecular weight is 819 g/mol. The molecule has 4 N–H and O–H groups in total. The number of methoxy groups -OCH3 is 2. The molecule has 3 aliphatic carbocycles. The van der Waals surface area contributed by atoms with Crippen LogP contribution in [0.1, 0.15) is 126 Å².